The van der Waals surface area contributed by atoms with Crippen LogP contribution >= 0.6 is 27.3 Å². The van der Waals surface area contributed by atoms with Gasteiger partial charge >= 0.3 is 0 Å². The Morgan fingerprint density at radius 2 is 1.76 bits per heavy atom. The minimum atomic E-state index is -0.401. The van der Waals surface area contributed by atoms with Crippen LogP contribution in [0, 0.1) is 24.0 Å². The van der Waals surface area contributed by atoms with E-state index in [9.17, 15) is 14.9 Å². The van der Waals surface area contributed by atoms with Crippen molar-refractivity contribution in [2.45, 2.75) is 32.7 Å². The average Bonchev–Trinajstić information content (AvgIpc) is 3.45. The normalized spacial score (nSPS) is 16.1. The standard InChI is InChI=1S/C33H25BrN4O3S/c1-19-17-23(20(2)36(19)25-12-14-26(15-13-25)38(40)41)18-29-32(39)37-31(22-7-10-24(34)11-8-22)28-16-9-21-5-3-4-6-27(21)30(28)35-33(37)42-29/h3-8,10-15,17-18,31H,9,16H2,1-2H3/b29-18+/t31-/m0/s1. The van der Waals surface area contributed by atoms with Gasteiger partial charge in [0, 0.05) is 39.2 Å². The van der Waals surface area contributed by atoms with Gasteiger partial charge in [-0.05, 0) is 85.4 Å². The first-order valence-corrected chi connectivity index (χ1v) is 15.2. The maximum atomic E-state index is 14.1. The molecule has 0 saturated heterocycles. The monoisotopic (exact) mass is 636 g/mol. The van der Waals surface area contributed by atoms with Crippen LogP contribution in [0.25, 0.3) is 17.5 Å². The van der Waals surface area contributed by atoms with Gasteiger partial charge in [-0.1, -0.05) is 63.7 Å². The third-order valence-corrected chi connectivity index (χ3v) is 9.65. The molecule has 1 atom stereocenters. The van der Waals surface area contributed by atoms with Gasteiger partial charge in [-0.2, -0.15) is 0 Å². The van der Waals surface area contributed by atoms with Crippen molar-refractivity contribution < 1.29 is 4.92 Å². The number of halogens is 1. The molecule has 9 heteroatoms. The van der Waals surface area contributed by atoms with Gasteiger partial charge in [0.1, 0.15) is 0 Å². The Morgan fingerprint density at radius 1 is 1.02 bits per heavy atom. The second-order valence-corrected chi connectivity index (χ2v) is 12.5. The summed E-state index contributed by atoms with van der Waals surface area (Å²) in [5.74, 6) is 0. The molecule has 7 nitrogen and oxygen atoms in total. The molecule has 0 radical (unpaired) electrons. The van der Waals surface area contributed by atoms with Crippen molar-refractivity contribution in [1.82, 2.24) is 9.13 Å². The molecular weight excluding hydrogens is 612 g/mol. The highest BCUT2D eigenvalue weighted by atomic mass is 79.9. The van der Waals surface area contributed by atoms with Crippen LogP contribution < -0.4 is 14.9 Å². The Balaban J connectivity index is 1.40. The maximum Gasteiger partial charge on any atom is 0.271 e. The van der Waals surface area contributed by atoms with Crippen LogP contribution in [0.5, 0.6) is 0 Å². The number of hydrogen-bond donors (Lipinski definition) is 0. The Hall–Kier alpha value is -4.34. The van der Waals surface area contributed by atoms with Crippen LogP contribution in [0.4, 0.5) is 5.69 Å². The van der Waals surface area contributed by atoms with Crippen LogP contribution in [-0.2, 0) is 6.42 Å². The van der Waals surface area contributed by atoms with E-state index >= 15 is 0 Å². The molecule has 3 aromatic carbocycles. The highest BCUT2D eigenvalue weighted by Gasteiger charge is 2.32. The third-order valence-electron chi connectivity index (χ3n) is 8.13. The van der Waals surface area contributed by atoms with Gasteiger partial charge in [0.05, 0.1) is 21.2 Å². The fourth-order valence-electron chi connectivity index (χ4n) is 6.16. The highest BCUT2D eigenvalue weighted by Crippen LogP contribution is 2.41. The number of thiazole rings is 1. The molecule has 0 bridgehead atoms. The van der Waals surface area contributed by atoms with E-state index in [1.807, 2.05) is 47.3 Å². The van der Waals surface area contributed by atoms with Crippen LogP contribution in [0.1, 0.15) is 46.1 Å². The van der Waals surface area contributed by atoms with E-state index < -0.39 is 4.92 Å². The number of rotatable bonds is 4. The summed E-state index contributed by atoms with van der Waals surface area (Å²) in [6, 6.07) is 25.0. The third kappa shape index (κ3) is 4.31. The minimum Gasteiger partial charge on any atom is -0.318 e. The van der Waals surface area contributed by atoms with E-state index in [-0.39, 0.29) is 17.3 Å². The molecule has 42 heavy (non-hydrogen) atoms. The lowest BCUT2D eigenvalue weighted by Crippen LogP contribution is -2.38. The fourth-order valence-corrected chi connectivity index (χ4v) is 7.42. The summed E-state index contributed by atoms with van der Waals surface area (Å²) in [6.45, 7) is 3.99. The van der Waals surface area contributed by atoms with Gasteiger partial charge in [0.25, 0.3) is 11.2 Å². The summed E-state index contributed by atoms with van der Waals surface area (Å²) in [4.78, 5) is 30.7. The van der Waals surface area contributed by atoms with Crippen LogP contribution in [0.2, 0.25) is 0 Å². The summed E-state index contributed by atoms with van der Waals surface area (Å²) in [5, 5.41) is 11.1. The van der Waals surface area contributed by atoms with Gasteiger partial charge in [0.15, 0.2) is 4.80 Å². The van der Waals surface area contributed by atoms with Crippen LogP contribution in [0.15, 0.2) is 98.7 Å². The van der Waals surface area contributed by atoms with Crippen molar-refractivity contribution in [1.29, 1.82) is 0 Å². The van der Waals surface area contributed by atoms with E-state index in [0.29, 0.717) is 9.33 Å². The van der Waals surface area contributed by atoms with Crippen molar-refractivity contribution in [3.8, 4) is 5.69 Å². The number of nitro benzene ring substituents is 1. The number of nitrogens with zero attached hydrogens (tertiary/aromatic N) is 4. The molecule has 3 heterocycles. The number of benzene rings is 3. The number of allylic oxidation sites excluding steroid dienone is 1. The molecule has 1 aliphatic heterocycles. The number of non-ortho nitro benzene ring substituents is 1. The highest BCUT2D eigenvalue weighted by molar-refractivity contribution is 9.10. The smallest absolute Gasteiger partial charge is 0.271 e. The quantitative estimate of drug-likeness (QED) is 0.169. The second kappa shape index (κ2) is 10.2. The maximum absolute atomic E-state index is 14.1. The first-order chi connectivity index (χ1) is 20.3. The van der Waals surface area contributed by atoms with E-state index in [1.54, 1.807) is 12.1 Å². The molecule has 0 N–H and O–H groups in total. The number of aromatic nitrogens is 2. The largest absolute Gasteiger partial charge is 0.318 e. The van der Waals surface area contributed by atoms with Crippen LogP contribution in [-0.4, -0.2) is 14.1 Å². The minimum absolute atomic E-state index is 0.0493. The summed E-state index contributed by atoms with van der Waals surface area (Å²) in [6.07, 6.45) is 3.71. The molecule has 7 rings (SSSR count). The zero-order valence-electron chi connectivity index (χ0n) is 22.9. The second-order valence-electron chi connectivity index (χ2n) is 10.6. The molecule has 208 valence electrons. The molecule has 0 fully saturated rings. The zero-order valence-corrected chi connectivity index (χ0v) is 25.3. The van der Waals surface area contributed by atoms with Crippen molar-refractivity contribution in [2.75, 3.05) is 0 Å². The van der Waals surface area contributed by atoms with E-state index in [4.69, 9.17) is 4.99 Å². The lowest BCUT2D eigenvalue weighted by atomic mass is 9.83. The molecule has 0 unspecified atom stereocenters. The summed E-state index contributed by atoms with van der Waals surface area (Å²) >= 11 is 4.97. The van der Waals surface area contributed by atoms with Gasteiger partial charge in [-0.25, -0.2) is 4.99 Å². The van der Waals surface area contributed by atoms with Crippen molar-refractivity contribution in [3.63, 3.8) is 0 Å². The molecule has 2 aliphatic rings. The number of fused-ring (bicyclic) bond motifs is 3. The zero-order chi connectivity index (χ0) is 29.1. The van der Waals surface area contributed by atoms with E-state index in [1.165, 1.54) is 34.6 Å². The summed E-state index contributed by atoms with van der Waals surface area (Å²) in [7, 11) is 0. The Kier molecular flexibility index (Phi) is 6.44. The SMILES string of the molecule is Cc1cc(/C=c2/sc3n(c2=O)[C@@H](c2ccc(Br)cc2)C2=C(N=3)c3ccccc3CC2)c(C)n1-c1ccc([N+](=O)[O-])cc1. The van der Waals surface area contributed by atoms with Gasteiger partial charge in [-0.15, -0.1) is 0 Å². The van der Waals surface area contributed by atoms with Gasteiger partial charge in [0.2, 0.25) is 0 Å². The first-order valence-electron chi connectivity index (χ1n) is 13.6. The predicted octanol–water partition coefficient (Wildman–Crippen LogP) is 6.40. The molecule has 0 saturated carbocycles. The fraction of sp³-hybridized carbons (Fsp3) is 0.152. The van der Waals surface area contributed by atoms with Gasteiger partial charge in [-0.3, -0.25) is 19.5 Å². The Bertz CT molecular complexity index is 2120. The Labute approximate surface area is 253 Å². The van der Waals surface area contributed by atoms with Crippen molar-refractivity contribution in [3.05, 3.63) is 152 Å². The predicted molar refractivity (Wildman–Crippen MR) is 169 cm³/mol. The Morgan fingerprint density at radius 3 is 2.50 bits per heavy atom. The van der Waals surface area contributed by atoms with Crippen molar-refractivity contribution in [2.24, 2.45) is 4.99 Å². The molecular formula is C33H25BrN4O3S. The summed E-state index contributed by atoms with van der Waals surface area (Å²) in [5.41, 5.74) is 9.31. The van der Waals surface area contributed by atoms with Crippen molar-refractivity contribution >= 4 is 44.7 Å². The first kappa shape index (κ1) is 26.6. The molecule has 0 spiro atoms. The summed E-state index contributed by atoms with van der Waals surface area (Å²) < 4.78 is 5.52. The van der Waals surface area contributed by atoms with E-state index in [0.717, 1.165) is 56.8 Å². The number of nitro groups is 1. The van der Waals surface area contributed by atoms with Gasteiger partial charge < -0.3 is 4.57 Å². The molecule has 0 amide bonds. The van der Waals surface area contributed by atoms with E-state index in [2.05, 4.69) is 52.3 Å². The topological polar surface area (TPSA) is 82.4 Å². The average molecular weight is 638 g/mol. The lowest BCUT2D eigenvalue weighted by Gasteiger charge is -2.30. The number of aryl methyl sites for hydroxylation is 2. The molecule has 1 aliphatic carbocycles. The number of hydrogen-bond acceptors (Lipinski definition) is 5. The molecule has 2 aromatic heterocycles. The molecule has 5 aromatic rings. The van der Waals surface area contributed by atoms with Crippen LogP contribution in [0.3, 0.4) is 0 Å². The lowest BCUT2D eigenvalue weighted by molar-refractivity contribution is -0.384.